The summed E-state index contributed by atoms with van der Waals surface area (Å²) in [5.41, 5.74) is 1.53. The molecule has 0 radical (unpaired) electrons. The zero-order chi connectivity index (χ0) is 22.1. The molecule has 4 aromatic rings. The zero-order valence-electron chi connectivity index (χ0n) is 16.8. The zero-order valence-corrected chi connectivity index (χ0v) is 18.4. The van der Waals surface area contributed by atoms with Gasteiger partial charge in [0.1, 0.15) is 0 Å². The number of halogens is 1. The van der Waals surface area contributed by atoms with Gasteiger partial charge in [0.15, 0.2) is 16.3 Å². The summed E-state index contributed by atoms with van der Waals surface area (Å²) in [4.78, 5) is 45.4. The van der Waals surface area contributed by atoms with Gasteiger partial charge in [-0.15, -0.1) is 11.3 Å². The maximum Gasteiger partial charge on any atom is 0.332 e. The minimum atomic E-state index is -0.427. The number of rotatable bonds is 6. The maximum atomic E-state index is 12.5. The van der Waals surface area contributed by atoms with Crippen molar-refractivity contribution >= 4 is 45.1 Å². The van der Waals surface area contributed by atoms with Crippen molar-refractivity contribution in [3.63, 3.8) is 0 Å². The number of aryl methyl sites for hydroxylation is 2. The molecule has 4 rings (SSSR count). The molecule has 0 bridgehead atoms. The maximum absolute atomic E-state index is 12.5. The Kier molecular flexibility index (Phi) is 5.75. The summed E-state index contributed by atoms with van der Waals surface area (Å²) < 4.78 is 4.06. The number of benzene rings is 1. The molecule has 1 amide bonds. The molecule has 0 aliphatic heterocycles. The van der Waals surface area contributed by atoms with Crippen LogP contribution in [0.25, 0.3) is 22.4 Å². The van der Waals surface area contributed by atoms with Crippen molar-refractivity contribution in [2.24, 2.45) is 14.1 Å². The van der Waals surface area contributed by atoms with Crippen molar-refractivity contribution in [1.29, 1.82) is 0 Å². The van der Waals surface area contributed by atoms with Crippen LogP contribution in [0.5, 0.6) is 0 Å². The largest absolute Gasteiger partial charge is 0.332 e. The van der Waals surface area contributed by atoms with Crippen LogP contribution in [0.3, 0.4) is 0 Å². The highest BCUT2D eigenvalue weighted by Crippen LogP contribution is 2.26. The predicted molar refractivity (Wildman–Crippen MR) is 121 cm³/mol. The normalized spacial score (nSPS) is 11.2. The van der Waals surface area contributed by atoms with E-state index < -0.39 is 11.2 Å². The summed E-state index contributed by atoms with van der Waals surface area (Å²) >= 11 is 7.26. The third kappa shape index (κ3) is 4.17. The standard InChI is InChI=1S/C20H19ClN6O3S/c1-25-17-16(18(29)26(2)20(25)30)27(11-22-17)9-3-4-15(28)24-19-23-14(10-31-19)12-5-7-13(21)8-6-12/h5-8,10-11H,3-4,9H2,1-2H3,(H,23,24,28). The Labute approximate surface area is 185 Å². The number of nitrogens with zero attached hydrogens (tertiary/aromatic N) is 5. The molecule has 3 heterocycles. The predicted octanol–water partition coefficient (Wildman–Crippen LogP) is 2.63. The van der Waals surface area contributed by atoms with E-state index in [9.17, 15) is 14.4 Å². The number of carbonyl (C=O) groups is 1. The smallest absolute Gasteiger partial charge is 0.325 e. The summed E-state index contributed by atoms with van der Waals surface area (Å²) in [6.45, 7) is 0.422. The summed E-state index contributed by atoms with van der Waals surface area (Å²) in [7, 11) is 3.00. The van der Waals surface area contributed by atoms with Crippen LogP contribution in [0, 0.1) is 0 Å². The number of aromatic nitrogens is 5. The molecule has 0 fully saturated rings. The Morgan fingerprint density at radius 3 is 2.65 bits per heavy atom. The van der Waals surface area contributed by atoms with E-state index in [0.717, 1.165) is 15.8 Å². The first-order valence-electron chi connectivity index (χ1n) is 9.47. The van der Waals surface area contributed by atoms with Gasteiger partial charge in [-0.2, -0.15) is 0 Å². The second-order valence-corrected chi connectivity index (χ2v) is 8.31. The number of imidazole rings is 1. The van der Waals surface area contributed by atoms with Crippen LogP contribution in [-0.2, 0) is 25.4 Å². The van der Waals surface area contributed by atoms with Gasteiger partial charge >= 0.3 is 5.69 Å². The minimum absolute atomic E-state index is 0.165. The lowest BCUT2D eigenvalue weighted by Gasteiger charge is -2.06. The highest BCUT2D eigenvalue weighted by Gasteiger charge is 2.14. The summed E-state index contributed by atoms with van der Waals surface area (Å²) in [5, 5.41) is 5.85. The van der Waals surface area contributed by atoms with E-state index in [1.54, 1.807) is 23.7 Å². The third-order valence-corrected chi connectivity index (χ3v) is 5.92. The van der Waals surface area contributed by atoms with Crippen molar-refractivity contribution < 1.29 is 4.79 Å². The lowest BCUT2D eigenvalue weighted by Crippen LogP contribution is -2.37. The second-order valence-electron chi connectivity index (χ2n) is 7.01. The van der Waals surface area contributed by atoms with Gasteiger partial charge in [-0.05, 0) is 18.6 Å². The third-order valence-electron chi connectivity index (χ3n) is 4.91. The van der Waals surface area contributed by atoms with Gasteiger partial charge in [-0.25, -0.2) is 14.8 Å². The molecule has 0 atom stereocenters. The van der Waals surface area contributed by atoms with Gasteiger partial charge in [-0.1, -0.05) is 23.7 Å². The molecule has 160 valence electrons. The van der Waals surface area contributed by atoms with E-state index in [0.29, 0.717) is 34.3 Å². The molecule has 0 aliphatic rings. The van der Waals surface area contributed by atoms with E-state index in [4.69, 9.17) is 11.6 Å². The van der Waals surface area contributed by atoms with E-state index >= 15 is 0 Å². The van der Waals surface area contributed by atoms with E-state index in [2.05, 4.69) is 15.3 Å². The van der Waals surface area contributed by atoms with E-state index in [-0.39, 0.29) is 12.3 Å². The van der Waals surface area contributed by atoms with Crippen LogP contribution >= 0.6 is 22.9 Å². The fourth-order valence-corrected chi connectivity index (χ4v) is 4.10. The molecule has 0 unspecified atom stereocenters. The molecular formula is C20H19ClN6O3S. The van der Waals surface area contributed by atoms with Crippen LogP contribution < -0.4 is 16.6 Å². The number of fused-ring (bicyclic) bond motifs is 1. The van der Waals surface area contributed by atoms with Gasteiger partial charge < -0.3 is 9.88 Å². The van der Waals surface area contributed by atoms with Crippen molar-refractivity contribution in [2.75, 3.05) is 5.32 Å². The lowest BCUT2D eigenvalue weighted by atomic mass is 10.2. The first kappa shape index (κ1) is 21.0. The van der Waals surface area contributed by atoms with Crippen LogP contribution in [0.2, 0.25) is 5.02 Å². The SMILES string of the molecule is Cn1c(=O)c2c(ncn2CCCC(=O)Nc2nc(-c3ccc(Cl)cc3)cs2)n(C)c1=O. The fourth-order valence-electron chi connectivity index (χ4n) is 3.24. The number of thiazole rings is 1. The highest BCUT2D eigenvalue weighted by atomic mass is 35.5. The van der Waals surface area contributed by atoms with Gasteiger partial charge in [-0.3, -0.25) is 18.7 Å². The molecule has 31 heavy (non-hydrogen) atoms. The van der Waals surface area contributed by atoms with Gasteiger partial charge in [0, 0.05) is 43.0 Å². The second kappa shape index (κ2) is 8.48. The molecule has 1 N–H and O–H groups in total. The Balaban J connectivity index is 1.39. The Hall–Kier alpha value is -3.24. The molecule has 0 spiro atoms. The highest BCUT2D eigenvalue weighted by molar-refractivity contribution is 7.14. The molecule has 9 nitrogen and oxygen atoms in total. The first-order valence-corrected chi connectivity index (χ1v) is 10.7. The Bertz CT molecular complexity index is 1380. The van der Waals surface area contributed by atoms with Gasteiger partial charge in [0.25, 0.3) is 5.56 Å². The van der Waals surface area contributed by atoms with Crippen molar-refractivity contribution in [3.05, 3.63) is 61.8 Å². The first-order chi connectivity index (χ1) is 14.8. The van der Waals surface area contributed by atoms with Crippen LogP contribution in [0.1, 0.15) is 12.8 Å². The van der Waals surface area contributed by atoms with Crippen LogP contribution in [0.4, 0.5) is 5.13 Å². The quantitative estimate of drug-likeness (QED) is 0.478. The molecular weight excluding hydrogens is 440 g/mol. The molecule has 3 aromatic heterocycles. The van der Waals surface area contributed by atoms with Crippen molar-refractivity contribution in [2.45, 2.75) is 19.4 Å². The Morgan fingerprint density at radius 1 is 1.16 bits per heavy atom. The molecule has 0 saturated heterocycles. The molecule has 1 aromatic carbocycles. The summed E-state index contributed by atoms with van der Waals surface area (Å²) in [6, 6.07) is 7.33. The number of carbonyl (C=O) groups excluding carboxylic acids is 1. The molecule has 0 aliphatic carbocycles. The Morgan fingerprint density at radius 2 is 1.90 bits per heavy atom. The summed E-state index contributed by atoms with van der Waals surface area (Å²) in [5.74, 6) is -0.165. The number of nitrogens with one attached hydrogen (secondary N) is 1. The van der Waals surface area contributed by atoms with E-state index in [1.807, 2.05) is 17.5 Å². The average Bonchev–Trinajstić information content (AvgIpc) is 3.39. The van der Waals surface area contributed by atoms with Crippen molar-refractivity contribution in [1.82, 2.24) is 23.7 Å². The number of amides is 1. The van der Waals surface area contributed by atoms with Crippen LogP contribution in [-0.4, -0.2) is 29.6 Å². The number of hydrogen-bond donors (Lipinski definition) is 1. The van der Waals surface area contributed by atoms with Gasteiger partial charge in [0.05, 0.1) is 12.0 Å². The van der Waals surface area contributed by atoms with Crippen molar-refractivity contribution in [3.8, 4) is 11.3 Å². The summed E-state index contributed by atoms with van der Waals surface area (Å²) in [6.07, 6.45) is 2.27. The molecule has 11 heteroatoms. The minimum Gasteiger partial charge on any atom is -0.325 e. The van der Waals surface area contributed by atoms with Crippen LogP contribution in [0.15, 0.2) is 45.6 Å². The number of anilines is 1. The van der Waals surface area contributed by atoms with E-state index in [1.165, 1.54) is 29.3 Å². The lowest BCUT2D eigenvalue weighted by molar-refractivity contribution is -0.116. The monoisotopic (exact) mass is 458 g/mol. The topological polar surface area (TPSA) is 104 Å². The molecule has 0 saturated carbocycles. The van der Waals surface area contributed by atoms with Gasteiger partial charge in [0.2, 0.25) is 5.91 Å². The average molecular weight is 459 g/mol. The fraction of sp³-hybridized carbons (Fsp3) is 0.250. The number of hydrogen-bond acceptors (Lipinski definition) is 6.